The minimum atomic E-state index is -0.794. The van der Waals surface area contributed by atoms with Gasteiger partial charge in [0.25, 0.3) is 0 Å². The van der Waals surface area contributed by atoms with Crippen LogP contribution in [-0.4, -0.2) is 28.6 Å². The van der Waals surface area contributed by atoms with Gasteiger partial charge >= 0.3 is 5.97 Å². The predicted octanol–water partition coefficient (Wildman–Crippen LogP) is 3.55. The molecule has 19 heavy (non-hydrogen) atoms. The van der Waals surface area contributed by atoms with Crippen LogP contribution >= 0.6 is 11.6 Å². The highest BCUT2D eigenvalue weighted by molar-refractivity contribution is 6.30. The lowest BCUT2D eigenvalue weighted by Gasteiger charge is -2.26. The number of aliphatic carboxylic acids is 1. The molecule has 3 nitrogen and oxygen atoms in total. The van der Waals surface area contributed by atoms with Gasteiger partial charge in [0.05, 0.1) is 0 Å². The second-order valence-electron chi connectivity index (χ2n) is 4.84. The predicted molar refractivity (Wildman–Crippen MR) is 73.8 cm³/mol. The molecule has 1 N–H and O–H groups in total. The molecular formula is C14H19ClFNO2. The van der Waals surface area contributed by atoms with Gasteiger partial charge in [-0.2, -0.15) is 0 Å². The van der Waals surface area contributed by atoms with E-state index in [-0.39, 0.29) is 18.3 Å². The number of benzene rings is 1. The van der Waals surface area contributed by atoms with E-state index in [1.54, 1.807) is 6.07 Å². The second-order valence-corrected chi connectivity index (χ2v) is 5.28. The minimum Gasteiger partial charge on any atom is -0.481 e. The molecule has 0 aliphatic heterocycles. The first-order valence-corrected chi connectivity index (χ1v) is 6.67. The van der Waals surface area contributed by atoms with Crippen LogP contribution in [-0.2, 0) is 11.3 Å². The monoisotopic (exact) mass is 287 g/mol. The molecule has 1 rings (SSSR count). The third kappa shape index (κ3) is 6.03. The molecule has 106 valence electrons. The largest absolute Gasteiger partial charge is 0.481 e. The Balaban J connectivity index is 2.64. The third-order valence-corrected chi connectivity index (χ3v) is 3.09. The lowest BCUT2D eigenvalue weighted by Crippen LogP contribution is -2.31. The Labute approximate surface area is 118 Å². The van der Waals surface area contributed by atoms with Crippen LogP contribution in [0.15, 0.2) is 18.2 Å². The SMILES string of the molecule is CC(C)N(CCCC(=O)O)Cc1cc(F)cc(Cl)c1. The fourth-order valence-electron chi connectivity index (χ4n) is 1.89. The molecular weight excluding hydrogens is 269 g/mol. The van der Waals surface area contributed by atoms with Gasteiger partial charge in [0, 0.05) is 24.0 Å². The molecule has 0 saturated carbocycles. The van der Waals surface area contributed by atoms with Crippen molar-refractivity contribution < 1.29 is 14.3 Å². The second kappa shape index (κ2) is 7.46. The van der Waals surface area contributed by atoms with E-state index in [1.807, 2.05) is 13.8 Å². The molecule has 0 atom stereocenters. The van der Waals surface area contributed by atoms with E-state index in [1.165, 1.54) is 12.1 Å². The molecule has 0 heterocycles. The number of hydrogen-bond donors (Lipinski definition) is 1. The number of hydrogen-bond acceptors (Lipinski definition) is 2. The lowest BCUT2D eigenvalue weighted by atomic mass is 10.1. The number of carboxylic acid groups (broad SMARTS) is 1. The highest BCUT2D eigenvalue weighted by Gasteiger charge is 2.12. The van der Waals surface area contributed by atoms with Gasteiger partial charge in [-0.3, -0.25) is 9.69 Å². The Morgan fingerprint density at radius 2 is 2.11 bits per heavy atom. The van der Waals surface area contributed by atoms with Crippen molar-refractivity contribution in [1.82, 2.24) is 4.90 Å². The number of rotatable bonds is 7. The van der Waals surface area contributed by atoms with Gasteiger partial charge in [0.2, 0.25) is 0 Å². The summed E-state index contributed by atoms with van der Waals surface area (Å²) >= 11 is 5.82. The van der Waals surface area contributed by atoms with E-state index >= 15 is 0 Å². The Kier molecular flexibility index (Phi) is 6.25. The van der Waals surface area contributed by atoms with Crippen molar-refractivity contribution in [2.75, 3.05) is 6.54 Å². The van der Waals surface area contributed by atoms with Gasteiger partial charge in [0.1, 0.15) is 5.82 Å². The summed E-state index contributed by atoms with van der Waals surface area (Å²) in [7, 11) is 0. The first kappa shape index (κ1) is 15.9. The molecule has 0 fully saturated rings. The highest BCUT2D eigenvalue weighted by atomic mass is 35.5. The Morgan fingerprint density at radius 1 is 1.42 bits per heavy atom. The molecule has 0 aromatic heterocycles. The summed E-state index contributed by atoms with van der Waals surface area (Å²) in [6.07, 6.45) is 0.726. The van der Waals surface area contributed by atoms with Gasteiger partial charge in [0.15, 0.2) is 0 Å². The quantitative estimate of drug-likeness (QED) is 0.834. The summed E-state index contributed by atoms with van der Waals surface area (Å²) in [6, 6.07) is 4.72. The minimum absolute atomic E-state index is 0.146. The Morgan fingerprint density at radius 3 is 2.63 bits per heavy atom. The smallest absolute Gasteiger partial charge is 0.303 e. The van der Waals surface area contributed by atoms with E-state index in [0.29, 0.717) is 24.5 Å². The molecule has 0 aliphatic carbocycles. The Hall–Kier alpha value is -1.13. The molecule has 0 spiro atoms. The van der Waals surface area contributed by atoms with Crippen molar-refractivity contribution in [2.24, 2.45) is 0 Å². The van der Waals surface area contributed by atoms with Gasteiger partial charge in [-0.05, 0) is 50.6 Å². The van der Waals surface area contributed by atoms with Crippen LogP contribution in [0.3, 0.4) is 0 Å². The maximum atomic E-state index is 13.3. The van der Waals surface area contributed by atoms with E-state index in [2.05, 4.69) is 4.90 Å². The number of carbonyl (C=O) groups is 1. The van der Waals surface area contributed by atoms with Crippen molar-refractivity contribution >= 4 is 17.6 Å². The summed E-state index contributed by atoms with van der Waals surface area (Å²) < 4.78 is 13.3. The summed E-state index contributed by atoms with van der Waals surface area (Å²) in [4.78, 5) is 12.6. The van der Waals surface area contributed by atoms with Crippen LogP contribution in [0.5, 0.6) is 0 Å². The third-order valence-electron chi connectivity index (χ3n) is 2.87. The molecule has 0 saturated heterocycles. The zero-order chi connectivity index (χ0) is 14.4. The molecule has 0 radical (unpaired) electrons. The summed E-state index contributed by atoms with van der Waals surface area (Å²) in [5.74, 6) is -1.14. The summed E-state index contributed by atoms with van der Waals surface area (Å²) in [6.45, 7) is 5.29. The van der Waals surface area contributed by atoms with Crippen LogP contribution in [0.4, 0.5) is 4.39 Å². The van der Waals surface area contributed by atoms with Crippen LogP contribution in [0.25, 0.3) is 0 Å². The first-order chi connectivity index (χ1) is 8.88. The average Bonchev–Trinajstić information content (AvgIpc) is 2.25. The summed E-state index contributed by atoms with van der Waals surface area (Å²) in [5.41, 5.74) is 0.800. The first-order valence-electron chi connectivity index (χ1n) is 6.29. The van der Waals surface area contributed by atoms with Crippen LogP contribution < -0.4 is 0 Å². The zero-order valence-electron chi connectivity index (χ0n) is 11.2. The highest BCUT2D eigenvalue weighted by Crippen LogP contribution is 2.17. The molecule has 5 heteroatoms. The van der Waals surface area contributed by atoms with Crippen LogP contribution in [0.2, 0.25) is 5.02 Å². The van der Waals surface area contributed by atoms with E-state index < -0.39 is 5.97 Å². The lowest BCUT2D eigenvalue weighted by molar-refractivity contribution is -0.137. The summed E-state index contributed by atoms with van der Waals surface area (Å²) in [5, 5.41) is 9.02. The molecule has 0 bridgehead atoms. The number of carboxylic acids is 1. The maximum absolute atomic E-state index is 13.3. The van der Waals surface area contributed by atoms with Crippen molar-refractivity contribution in [3.05, 3.63) is 34.6 Å². The normalized spacial score (nSPS) is 11.3. The maximum Gasteiger partial charge on any atom is 0.303 e. The zero-order valence-corrected chi connectivity index (χ0v) is 12.0. The molecule has 1 aromatic carbocycles. The number of nitrogens with zero attached hydrogens (tertiary/aromatic N) is 1. The molecule has 0 unspecified atom stereocenters. The van der Waals surface area contributed by atoms with Crippen molar-refractivity contribution in [3.63, 3.8) is 0 Å². The van der Waals surface area contributed by atoms with Gasteiger partial charge < -0.3 is 5.11 Å². The molecule has 0 aliphatic rings. The van der Waals surface area contributed by atoms with E-state index in [0.717, 1.165) is 5.56 Å². The topological polar surface area (TPSA) is 40.5 Å². The Bertz CT molecular complexity index is 417. The fraction of sp³-hybridized carbons (Fsp3) is 0.500. The number of halogens is 2. The molecule has 0 amide bonds. The van der Waals surface area contributed by atoms with Crippen molar-refractivity contribution in [3.8, 4) is 0 Å². The van der Waals surface area contributed by atoms with Crippen molar-refractivity contribution in [1.29, 1.82) is 0 Å². The van der Waals surface area contributed by atoms with Gasteiger partial charge in [-0.15, -0.1) is 0 Å². The van der Waals surface area contributed by atoms with E-state index in [4.69, 9.17) is 16.7 Å². The van der Waals surface area contributed by atoms with Crippen LogP contribution in [0, 0.1) is 5.82 Å². The fourth-order valence-corrected chi connectivity index (χ4v) is 2.13. The average molecular weight is 288 g/mol. The van der Waals surface area contributed by atoms with Crippen LogP contribution in [0.1, 0.15) is 32.3 Å². The van der Waals surface area contributed by atoms with Gasteiger partial charge in [-0.1, -0.05) is 11.6 Å². The van der Waals surface area contributed by atoms with Gasteiger partial charge in [-0.25, -0.2) is 4.39 Å². The molecule has 1 aromatic rings. The van der Waals surface area contributed by atoms with E-state index in [9.17, 15) is 9.18 Å². The van der Waals surface area contributed by atoms with Crippen molar-refractivity contribution in [2.45, 2.75) is 39.3 Å². The standard InChI is InChI=1S/C14H19ClFNO2/c1-10(2)17(5-3-4-14(18)19)9-11-6-12(15)8-13(16)7-11/h6-8,10H,3-5,9H2,1-2H3,(H,18,19).